The van der Waals surface area contributed by atoms with E-state index >= 15 is 0 Å². The van der Waals surface area contributed by atoms with Crippen molar-refractivity contribution in [2.45, 2.75) is 57.7 Å². The molecule has 2 unspecified atom stereocenters. The van der Waals surface area contributed by atoms with Crippen LogP contribution in [0.3, 0.4) is 0 Å². The van der Waals surface area contributed by atoms with Gasteiger partial charge in [-0.15, -0.1) is 0 Å². The number of carbonyl (C=O) groups excluding carboxylic acids is 1. The van der Waals surface area contributed by atoms with Crippen LogP contribution in [0.4, 0.5) is 0 Å². The van der Waals surface area contributed by atoms with E-state index in [1.807, 2.05) is 20.8 Å². The van der Waals surface area contributed by atoms with Crippen LogP contribution < -0.4 is 11.1 Å². The highest BCUT2D eigenvalue weighted by atomic mass is 16.1. The first kappa shape index (κ1) is 17.4. The van der Waals surface area contributed by atoms with Crippen molar-refractivity contribution in [2.24, 2.45) is 5.73 Å². The Balaban J connectivity index is 2.52. The zero-order valence-corrected chi connectivity index (χ0v) is 13.8. The molecule has 1 aliphatic rings. The molecule has 5 nitrogen and oxygen atoms in total. The third-order valence-corrected chi connectivity index (χ3v) is 4.34. The predicted octanol–water partition coefficient (Wildman–Crippen LogP) is 0.645. The first-order valence-electron chi connectivity index (χ1n) is 7.71. The van der Waals surface area contributed by atoms with Crippen molar-refractivity contribution in [3.05, 3.63) is 0 Å². The summed E-state index contributed by atoms with van der Waals surface area (Å²) < 4.78 is 0. The van der Waals surface area contributed by atoms with Gasteiger partial charge >= 0.3 is 0 Å². The number of carbonyl (C=O) groups is 1. The van der Waals surface area contributed by atoms with E-state index in [4.69, 9.17) is 5.73 Å². The van der Waals surface area contributed by atoms with E-state index in [1.165, 1.54) is 19.4 Å². The fourth-order valence-electron chi connectivity index (χ4n) is 2.99. The van der Waals surface area contributed by atoms with Crippen LogP contribution in [0.15, 0.2) is 0 Å². The van der Waals surface area contributed by atoms with Crippen molar-refractivity contribution in [3.63, 3.8) is 0 Å². The van der Waals surface area contributed by atoms with E-state index in [0.717, 1.165) is 19.5 Å². The minimum absolute atomic E-state index is 0.249. The molecule has 1 heterocycles. The third-order valence-electron chi connectivity index (χ3n) is 4.34. The maximum Gasteiger partial charge on any atom is 0.237 e. The molecule has 1 saturated heterocycles. The summed E-state index contributed by atoms with van der Waals surface area (Å²) in [7, 11) is 4.33. The lowest BCUT2D eigenvalue weighted by Crippen LogP contribution is -2.57. The van der Waals surface area contributed by atoms with E-state index < -0.39 is 5.54 Å². The molecule has 20 heavy (non-hydrogen) atoms. The average molecular weight is 284 g/mol. The summed E-state index contributed by atoms with van der Waals surface area (Å²) in [4.78, 5) is 16.5. The Morgan fingerprint density at radius 1 is 1.55 bits per heavy atom. The lowest BCUT2D eigenvalue weighted by atomic mass is 9.94. The standard InChI is InChI=1S/C15H32N4O/c1-12(2)17-15(3,14(16)20)8-10-19(5)13-7-6-9-18(4)11-13/h12-13,17H,6-11H2,1-5H3,(H2,16,20). The van der Waals surface area contributed by atoms with E-state index in [2.05, 4.69) is 29.2 Å². The number of hydrogen-bond acceptors (Lipinski definition) is 4. The Morgan fingerprint density at radius 2 is 2.20 bits per heavy atom. The van der Waals surface area contributed by atoms with Gasteiger partial charge in [0.1, 0.15) is 0 Å². The molecule has 2 atom stereocenters. The molecule has 118 valence electrons. The topological polar surface area (TPSA) is 61.6 Å². The lowest BCUT2D eigenvalue weighted by molar-refractivity contribution is -0.124. The second kappa shape index (κ2) is 7.38. The van der Waals surface area contributed by atoms with Crippen molar-refractivity contribution in [1.82, 2.24) is 15.1 Å². The van der Waals surface area contributed by atoms with Crippen LogP contribution in [0.2, 0.25) is 0 Å². The first-order valence-corrected chi connectivity index (χ1v) is 7.71. The maximum atomic E-state index is 11.7. The molecule has 0 aromatic rings. The molecule has 1 rings (SSSR count). The lowest BCUT2D eigenvalue weighted by Gasteiger charge is -2.38. The van der Waals surface area contributed by atoms with E-state index in [-0.39, 0.29) is 11.9 Å². The minimum Gasteiger partial charge on any atom is -0.368 e. The van der Waals surface area contributed by atoms with Crippen molar-refractivity contribution >= 4 is 5.91 Å². The number of amides is 1. The van der Waals surface area contributed by atoms with Gasteiger partial charge < -0.3 is 20.9 Å². The van der Waals surface area contributed by atoms with Gasteiger partial charge in [-0.25, -0.2) is 0 Å². The Kier molecular flexibility index (Phi) is 6.43. The zero-order valence-electron chi connectivity index (χ0n) is 13.8. The smallest absolute Gasteiger partial charge is 0.237 e. The largest absolute Gasteiger partial charge is 0.368 e. The molecular formula is C15H32N4O. The Labute approximate surface area is 123 Å². The summed E-state index contributed by atoms with van der Waals surface area (Å²) in [6, 6.07) is 0.837. The van der Waals surface area contributed by atoms with Crippen LogP contribution >= 0.6 is 0 Å². The van der Waals surface area contributed by atoms with Gasteiger partial charge in [-0.2, -0.15) is 0 Å². The van der Waals surface area contributed by atoms with Gasteiger partial charge in [0, 0.05) is 25.2 Å². The van der Waals surface area contributed by atoms with Crippen molar-refractivity contribution in [1.29, 1.82) is 0 Å². The summed E-state index contributed by atoms with van der Waals surface area (Å²) in [6.07, 6.45) is 3.24. The molecular weight excluding hydrogens is 252 g/mol. The normalized spacial score (nSPS) is 24.1. The van der Waals surface area contributed by atoms with Crippen LogP contribution in [0, 0.1) is 0 Å². The highest BCUT2D eigenvalue weighted by Gasteiger charge is 2.32. The molecule has 0 aliphatic carbocycles. The number of nitrogens with one attached hydrogen (secondary N) is 1. The van der Waals surface area contributed by atoms with Gasteiger partial charge in [-0.1, -0.05) is 0 Å². The summed E-state index contributed by atoms with van der Waals surface area (Å²) in [5.74, 6) is -0.264. The Morgan fingerprint density at radius 3 is 2.70 bits per heavy atom. The number of piperidine rings is 1. The maximum absolute atomic E-state index is 11.7. The Bertz CT molecular complexity index is 321. The van der Waals surface area contributed by atoms with Crippen molar-refractivity contribution < 1.29 is 4.79 Å². The number of nitrogens with zero attached hydrogens (tertiary/aromatic N) is 2. The average Bonchev–Trinajstić information content (AvgIpc) is 2.35. The molecule has 1 fully saturated rings. The van der Waals surface area contributed by atoms with Crippen LogP contribution in [-0.2, 0) is 4.79 Å². The monoisotopic (exact) mass is 284 g/mol. The number of likely N-dealkylation sites (tertiary alicyclic amines) is 1. The van der Waals surface area contributed by atoms with Gasteiger partial charge in [0.15, 0.2) is 0 Å². The second-order valence-corrected chi connectivity index (χ2v) is 6.78. The molecule has 0 bridgehead atoms. The summed E-state index contributed by atoms with van der Waals surface area (Å²) in [6.45, 7) is 9.19. The highest BCUT2D eigenvalue weighted by Crippen LogP contribution is 2.17. The Hall–Kier alpha value is -0.650. The van der Waals surface area contributed by atoms with Crippen LogP contribution in [0.1, 0.15) is 40.0 Å². The summed E-state index contributed by atoms with van der Waals surface area (Å²) in [5.41, 5.74) is 4.96. The van der Waals surface area contributed by atoms with Crippen molar-refractivity contribution in [3.8, 4) is 0 Å². The zero-order chi connectivity index (χ0) is 15.3. The third kappa shape index (κ3) is 5.04. The number of nitrogens with two attached hydrogens (primary N) is 1. The highest BCUT2D eigenvalue weighted by molar-refractivity contribution is 5.84. The molecule has 0 aromatic heterocycles. The predicted molar refractivity (Wildman–Crippen MR) is 83.6 cm³/mol. The summed E-state index contributed by atoms with van der Waals surface area (Å²) in [5, 5.41) is 3.31. The second-order valence-electron chi connectivity index (χ2n) is 6.78. The first-order chi connectivity index (χ1) is 9.24. The van der Waals surface area contributed by atoms with Gasteiger partial charge in [0.2, 0.25) is 5.91 Å². The molecule has 5 heteroatoms. The molecule has 0 radical (unpaired) electrons. The molecule has 0 spiro atoms. The van der Waals surface area contributed by atoms with Crippen LogP contribution in [-0.4, -0.2) is 67.1 Å². The van der Waals surface area contributed by atoms with E-state index in [0.29, 0.717) is 6.04 Å². The van der Waals surface area contributed by atoms with E-state index in [9.17, 15) is 4.79 Å². The van der Waals surface area contributed by atoms with Crippen LogP contribution in [0.25, 0.3) is 0 Å². The molecule has 0 aromatic carbocycles. The molecule has 3 N–H and O–H groups in total. The molecule has 0 saturated carbocycles. The van der Waals surface area contributed by atoms with Gasteiger partial charge in [-0.05, 0) is 60.7 Å². The van der Waals surface area contributed by atoms with Gasteiger partial charge in [-0.3, -0.25) is 4.79 Å². The van der Waals surface area contributed by atoms with Gasteiger partial charge in [0.05, 0.1) is 5.54 Å². The number of rotatable bonds is 7. The molecule has 1 amide bonds. The molecule has 1 aliphatic heterocycles. The van der Waals surface area contributed by atoms with Crippen LogP contribution in [0.5, 0.6) is 0 Å². The van der Waals surface area contributed by atoms with E-state index in [1.54, 1.807) is 0 Å². The minimum atomic E-state index is -0.622. The fraction of sp³-hybridized carbons (Fsp3) is 0.933. The van der Waals surface area contributed by atoms with Crippen molar-refractivity contribution in [2.75, 3.05) is 33.7 Å². The quantitative estimate of drug-likeness (QED) is 0.720. The number of primary amides is 1. The fourth-order valence-corrected chi connectivity index (χ4v) is 2.99. The SMILES string of the molecule is CC(C)NC(C)(CCN(C)C1CCCN(C)C1)C(N)=O. The van der Waals surface area contributed by atoms with Gasteiger partial charge in [0.25, 0.3) is 0 Å². The number of hydrogen-bond donors (Lipinski definition) is 2. The number of likely N-dealkylation sites (N-methyl/N-ethyl adjacent to an activating group) is 2. The summed E-state index contributed by atoms with van der Waals surface area (Å²) >= 11 is 0.